The van der Waals surface area contributed by atoms with E-state index < -0.39 is 16.6 Å². The molecular weight excluding hydrogens is 326 g/mol. The second kappa shape index (κ2) is 8.15. The van der Waals surface area contributed by atoms with Crippen LogP contribution < -0.4 is 4.74 Å². The molecule has 1 atom stereocenters. The molecule has 0 radical (unpaired) electrons. The Kier molecular flexibility index (Phi) is 6.75. The molecule has 0 aromatic heterocycles. The zero-order valence-electron chi connectivity index (χ0n) is 15.6. The predicted octanol–water partition coefficient (Wildman–Crippen LogP) is 3.20. The largest absolute Gasteiger partial charge is 0.490 e. The van der Waals surface area contributed by atoms with Gasteiger partial charge in [-0.25, -0.2) is 4.79 Å². The fourth-order valence-corrected chi connectivity index (χ4v) is 3.02. The number of amides is 1. The lowest BCUT2D eigenvalue weighted by molar-refractivity contribution is -0.385. The second-order valence-electron chi connectivity index (χ2n) is 7.13. The van der Waals surface area contributed by atoms with Gasteiger partial charge >= 0.3 is 11.8 Å². The van der Waals surface area contributed by atoms with Gasteiger partial charge in [0.1, 0.15) is 0 Å². The van der Waals surface area contributed by atoms with Crippen LogP contribution in [0.1, 0.15) is 33.3 Å². The maximum absolute atomic E-state index is 11.5. The Balaban J connectivity index is 2.86. The number of nitrogens with zero attached hydrogens (tertiary/aromatic N) is 3. The molecule has 0 bridgehead atoms. The Morgan fingerprint density at radius 1 is 1.40 bits per heavy atom. The molecular formula is C17H27N3O5. The highest BCUT2D eigenvalue weighted by Gasteiger charge is 2.31. The topological polar surface area (TPSA) is 96.2 Å². The van der Waals surface area contributed by atoms with Crippen molar-refractivity contribution in [2.24, 2.45) is 0 Å². The van der Waals surface area contributed by atoms with Gasteiger partial charge in [0.2, 0.25) is 0 Å². The Bertz CT molecular complexity index is 627. The van der Waals surface area contributed by atoms with Gasteiger partial charge in [0.05, 0.1) is 12.0 Å². The first-order valence-electron chi connectivity index (χ1n) is 7.99. The number of nitro groups is 1. The summed E-state index contributed by atoms with van der Waals surface area (Å²) in [6.07, 6.45) is -0.964. The number of carboxylic acid groups (broad SMARTS) is 1. The maximum atomic E-state index is 11.5. The molecule has 0 aliphatic heterocycles. The van der Waals surface area contributed by atoms with Crippen molar-refractivity contribution in [1.82, 2.24) is 9.80 Å². The number of hydrogen-bond acceptors (Lipinski definition) is 5. The number of carbonyl (C=O) groups is 1. The molecule has 25 heavy (non-hydrogen) atoms. The van der Waals surface area contributed by atoms with Crippen LogP contribution in [-0.2, 0) is 6.54 Å². The molecule has 1 rings (SSSR count). The van der Waals surface area contributed by atoms with Gasteiger partial charge in [-0.05, 0) is 46.4 Å². The molecule has 0 heterocycles. The van der Waals surface area contributed by atoms with Gasteiger partial charge in [-0.15, -0.1) is 0 Å². The van der Waals surface area contributed by atoms with Crippen molar-refractivity contribution in [3.8, 4) is 5.75 Å². The third kappa shape index (κ3) is 5.60. The summed E-state index contributed by atoms with van der Waals surface area (Å²) in [5.41, 5.74) is 0.175. The van der Waals surface area contributed by atoms with Gasteiger partial charge in [0.15, 0.2) is 5.75 Å². The third-order valence-electron chi connectivity index (χ3n) is 3.84. The van der Waals surface area contributed by atoms with Crippen LogP contribution in [0, 0.1) is 10.1 Å². The quantitative estimate of drug-likeness (QED) is 0.597. The standard InChI is InChI=1S/C17H27N3O5/c1-12(19(16(21)22)17(2,3)4)10-18(5)11-13-7-8-15(25-6)14(9-13)20(23)24/h7-9,12H,10-11H2,1-6H3,(H,21,22). The van der Waals surface area contributed by atoms with E-state index in [2.05, 4.69) is 0 Å². The Morgan fingerprint density at radius 2 is 2.00 bits per heavy atom. The van der Waals surface area contributed by atoms with Crippen molar-refractivity contribution in [1.29, 1.82) is 0 Å². The minimum Gasteiger partial charge on any atom is -0.490 e. The zero-order chi connectivity index (χ0) is 19.4. The van der Waals surface area contributed by atoms with Gasteiger partial charge in [-0.3, -0.25) is 15.0 Å². The number of nitro benzene ring substituents is 1. The van der Waals surface area contributed by atoms with Gasteiger partial charge in [0, 0.05) is 30.7 Å². The third-order valence-corrected chi connectivity index (χ3v) is 3.84. The molecule has 0 saturated carbocycles. The van der Waals surface area contributed by atoms with Crippen LogP contribution in [0.25, 0.3) is 0 Å². The average molecular weight is 353 g/mol. The zero-order valence-corrected chi connectivity index (χ0v) is 15.6. The van der Waals surface area contributed by atoms with Gasteiger partial charge in [-0.2, -0.15) is 0 Å². The van der Waals surface area contributed by atoms with Gasteiger partial charge in [-0.1, -0.05) is 6.07 Å². The molecule has 1 unspecified atom stereocenters. The lowest BCUT2D eigenvalue weighted by Gasteiger charge is -2.39. The van der Waals surface area contributed by atoms with Crippen molar-refractivity contribution in [3.63, 3.8) is 0 Å². The van der Waals surface area contributed by atoms with Crippen LogP contribution in [0.15, 0.2) is 18.2 Å². The molecule has 0 fully saturated rings. The molecule has 0 saturated heterocycles. The van der Waals surface area contributed by atoms with E-state index >= 15 is 0 Å². The summed E-state index contributed by atoms with van der Waals surface area (Å²) in [5.74, 6) is 0.217. The lowest BCUT2D eigenvalue weighted by atomic mass is 10.0. The summed E-state index contributed by atoms with van der Waals surface area (Å²) in [6, 6.07) is 4.60. The second-order valence-corrected chi connectivity index (χ2v) is 7.13. The molecule has 8 heteroatoms. The lowest BCUT2D eigenvalue weighted by Crippen LogP contribution is -2.53. The van der Waals surface area contributed by atoms with Crippen LogP contribution in [0.3, 0.4) is 0 Å². The van der Waals surface area contributed by atoms with Crippen molar-refractivity contribution < 1.29 is 19.6 Å². The smallest absolute Gasteiger partial charge is 0.408 e. The predicted molar refractivity (Wildman–Crippen MR) is 95.1 cm³/mol. The van der Waals surface area contributed by atoms with E-state index in [4.69, 9.17) is 4.74 Å². The Hall–Kier alpha value is -2.35. The molecule has 1 aromatic carbocycles. The summed E-state index contributed by atoms with van der Waals surface area (Å²) < 4.78 is 5.00. The van der Waals surface area contributed by atoms with Crippen molar-refractivity contribution >= 4 is 11.8 Å². The minimum absolute atomic E-state index is 0.0803. The molecule has 1 amide bonds. The highest BCUT2D eigenvalue weighted by Crippen LogP contribution is 2.28. The molecule has 0 aliphatic carbocycles. The highest BCUT2D eigenvalue weighted by atomic mass is 16.6. The van der Waals surface area contributed by atoms with E-state index in [1.165, 1.54) is 18.1 Å². The first kappa shape index (κ1) is 20.7. The van der Waals surface area contributed by atoms with Crippen LogP contribution >= 0.6 is 0 Å². The Labute approximate surface area is 148 Å². The summed E-state index contributed by atoms with van der Waals surface area (Å²) in [7, 11) is 3.25. The monoisotopic (exact) mass is 353 g/mol. The van der Waals surface area contributed by atoms with E-state index in [9.17, 15) is 20.0 Å². The fourth-order valence-electron chi connectivity index (χ4n) is 3.02. The van der Waals surface area contributed by atoms with Crippen LogP contribution in [0.2, 0.25) is 0 Å². The molecule has 0 spiro atoms. The molecule has 0 aliphatic rings. The SMILES string of the molecule is COc1ccc(CN(C)CC(C)N(C(=O)O)C(C)(C)C)cc1[N+](=O)[O-]. The van der Waals surface area contributed by atoms with Crippen molar-refractivity contribution in [3.05, 3.63) is 33.9 Å². The number of benzene rings is 1. The van der Waals surface area contributed by atoms with Crippen molar-refractivity contribution in [2.75, 3.05) is 20.7 Å². The van der Waals surface area contributed by atoms with Crippen LogP contribution in [0.5, 0.6) is 5.75 Å². The molecule has 1 N–H and O–H groups in total. The summed E-state index contributed by atoms with van der Waals surface area (Å²) in [4.78, 5) is 25.5. The highest BCUT2D eigenvalue weighted by molar-refractivity contribution is 5.66. The van der Waals surface area contributed by atoms with Crippen LogP contribution in [0.4, 0.5) is 10.5 Å². The van der Waals surface area contributed by atoms with E-state index in [1.807, 2.05) is 39.6 Å². The summed E-state index contributed by atoms with van der Waals surface area (Å²) >= 11 is 0. The van der Waals surface area contributed by atoms with Crippen molar-refractivity contribution in [2.45, 2.75) is 45.8 Å². The average Bonchev–Trinajstić information content (AvgIpc) is 2.44. The first-order valence-corrected chi connectivity index (χ1v) is 7.99. The number of ether oxygens (including phenoxy) is 1. The summed E-state index contributed by atoms with van der Waals surface area (Å²) in [5, 5.41) is 20.6. The minimum atomic E-state index is -0.964. The maximum Gasteiger partial charge on any atom is 0.408 e. The number of methoxy groups -OCH3 is 1. The van der Waals surface area contributed by atoms with Gasteiger partial charge < -0.3 is 14.7 Å². The van der Waals surface area contributed by atoms with Gasteiger partial charge in [0.25, 0.3) is 0 Å². The molecule has 1 aromatic rings. The first-order chi connectivity index (χ1) is 11.5. The van der Waals surface area contributed by atoms with E-state index in [0.29, 0.717) is 13.1 Å². The van der Waals surface area contributed by atoms with E-state index in [0.717, 1.165) is 5.56 Å². The summed E-state index contributed by atoms with van der Waals surface area (Å²) in [6.45, 7) is 8.38. The number of hydrogen-bond donors (Lipinski definition) is 1. The van der Waals surface area contributed by atoms with E-state index in [1.54, 1.807) is 12.1 Å². The number of rotatable bonds is 7. The Morgan fingerprint density at radius 3 is 2.44 bits per heavy atom. The normalized spacial score (nSPS) is 12.8. The molecule has 8 nitrogen and oxygen atoms in total. The molecule has 140 valence electrons. The fraction of sp³-hybridized carbons (Fsp3) is 0.588. The van der Waals surface area contributed by atoms with Crippen LogP contribution in [-0.4, -0.2) is 58.2 Å². The number of likely N-dealkylation sites (N-methyl/N-ethyl adjacent to an activating group) is 1. The van der Waals surface area contributed by atoms with E-state index in [-0.39, 0.29) is 17.5 Å².